The number of aromatic nitrogens is 2. The van der Waals surface area contributed by atoms with Crippen LogP contribution in [-0.2, 0) is 6.54 Å². The fourth-order valence-electron chi connectivity index (χ4n) is 2.03. The van der Waals surface area contributed by atoms with Crippen LogP contribution in [0.5, 0.6) is 0 Å². The van der Waals surface area contributed by atoms with Crippen LogP contribution in [-0.4, -0.2) is 23.4 Å². The van der Waals surface area contributed by atoms with Crippen molar-refractivity contribution in [2.45, 2.75) is 19.9 Å². The third-order valence-electron chi connectivity index (χ3n) is 3.17. The minimum absolute atomic E-state index is 0.170. The summed E-state index contributed by atoms with van der Waals surface area (Å²) in [5.41, 5.74) is 1.45. The molecule has 0 saturated carbocycles. The number of halogens is 2. The molecule has 1 heterocycles. The van der Waals surface area contributed by atoms with Gasteiger partial charge in [-0.3, -0.25) is 4.79 Å². The minimum Gasteiger partial charge on any atom is -0.373 e. The van der Waals surface area contributed by atoms with Crippen LogP contribution in [0.2, 0.25) is 0 Å². The molecule has 6 heteroatoms. The van der Waals surface area contributed by atoms with Crippen LogP contribution in [0, 0.1) is 5.82 Å². The number of benzene rings is 1. The fraction of sp³-hybridized carbons (Fsp3) is 0.333. The lowest BCUT2D eigenvalue weighted by atomic mass is 10.2. The molecule has 0 aliphatic heterocycles. The molecular formula is C15H17BrFN3O. The zero-order valence-corrected chi connectivity index (χ0v) is 13.6. The van der Waals surface area contributed by atoms with Gasteiger partial charge >= 0.3 is 0 Å². The van der Waals surface area contributed by atoms with Crippen LogP contribution in [0.4, 0.5) is 10.1 Å². The highest BCUT2D eigenvalue weighted by atomic mass is 79.9. The Morgan fingerprint density at radius 3 is 2.76 bits per heavy atom. The molecule has 2 rings (SSSR count). The Morgan fingerprint density at radius 1 is 1.38 bits per heavy atom. The summed E-state index contributed by atoms with van der Waals surface area (Å²) < 4.78 is 14.9. The van der Waals surface area contributed by atoms with Gasteiger partial charge in [0.1, 0.15) is 5.82 Å². The van der Waals surface area contributed by atoms with Crippen LogP contribution in [0.15, 0.2) is 39.7 Å². The van der Waals surface area contributed by atoms with Gasteiger partial charge in [0.15, 0.2) is 0 Å². The summed E-state index contributed by atoms with van der Waals surface area (Å²) in [6.45, 7) is 3.27. The molecule has 1 aromatic carbocycles. The molecule has 0 bridgehead atoms. The van der Waals surface area contributed by atoms with Crippen LogP contribution >= 0.6 is 15.9 Å². The average molecular weight is 354 g/mol. The third kappa shape index (κ3) is 3.91. The number of hydrogen-bond donors (Lipinski definition) is 0. The standard InChI is InChI=1S/C15H17BrFN3O/c1-3-6-19(2)12-8-15(21)20(18-9-12)10-11-4-5-14(17)13(16)7-11/h4-5,7-9H,3,6,10H2,1-2H3. The van der Waals surface area contributed by atoms with Crippen LogP contribution in [0.25, 0.3) is 0 Å². The van der Waals surface area contributed by atoms with Gasteiger partial charge in [-0.2, -0.15) is 5.10 Å². The Kier molecular flexibility index (Phi) is 5.12. The highest BCUT2D eigenvalue weighted by molar-refractivity contribution is 9.10. The lowest BCUT2D eigenvalue weighted by Crippen LogP contribution is -2.26. The molecule has 0 spiro atoms. The number of rotatable bonds is 5. The molecule has 0 amide bonds. The van der Waals surface area contributed by atoms with Gasteiger partial charge < -0.3 is 4.90 Å². The SMILES string of the molecule is CCCN(C)c1cnn(Cc2ccc(F)c(Br)c2)c(=O)c1. The third-order valence-corrected chi connectivity index (χ3v) is 3.78. The lowest BCUT2D eigenvalue weighted by Gasteiger charge is -2.17. The van der Waals surface area contributed by atoms with Crippen LogP contribution in [0.3, 0.4) is 0 Å². The molecule has 2 aromatic rings. The van der Waals surface area contributed by atoms with Crippen molar-refractivity contribution in [2.24, 2.45) is 0 Å². The van der Waals surface area contributed by atoms with E-state index < -0.39 is 0 Å². The smallest absolute Gasteiger partial charge is 0.269 e. The molecule has 0 atom stereocenters. The molecule has 1 aromatic heterocycles. The fourth-order valence-corrected chi connectivity index (χ4v) is 2.45. The molecular weight excluding hydrogens is 337 g/mol. The molecule has 21 heavy (non-hydrogen) atoms. The van der Waals surface area contributed by atoms with Crippen molar-refractivity contribution in [1.29, 1.82) is 0 Å². The zero-order chi connectivity index (χ0) is 15.4. The Balaban J connectivity index is 2.21. The minimum atomic E-state index is -0.324. The van der Waals surface area contributed by atoms with E-state index in [-0.39, 0.29) is 11.4 Å². The van der Waals surface area contributed by atoms with Crippen LogP contribution < -0.4 is 10.5 Å². The van der Waals surface area contributed by atoms with Crippen molar-refractivity contribution in [3.8, 4) is 0 Å². The molecule has 4 nitrogen and oxygen atoms in total. The summed E-state index contributed by atoms with van der Waals surface area (Å²) in [5.74, 6) is -0.324. The second-order valence-electron chi connectivity index (χ2n) is 4.88. The first-order valence-electron chi connectivity index (χ1n) is 6.73. The van der Waals surface area contributed by atoms with E-state index in [1.165, 1.54) is 10.7 Å². The maximum absolute atomic E-state index is 13.2. The van der Waals surface area contributed by atoms with E-state index in [2.05, 4.69) is 28.0 Å². The summed E-state index contributed by atoms with van der Waals surface area (Å²) in [5, 5.41) is 4.18. The predicted molar refractivity (Wildman–Crippen MR) is 85.3 cm³/mol. The highest BCUT2D eigenvalue weighted by Gasteiger charge is 2.06. The largest absolute Gasteiger partial charge is 0.373 e. The lowest BCUT2D eigenvalue weighted by molar-refractivity contribution is 0.612. The Hall–Kier alpha value is -1.69. The van der Waals surface area contributed by atoms with Crippen LogP contribution in [0.1, 0.15) is 18.9 Å². The van der Waals surface area contributed by atoms with E-state index in [1.807, 2.05) is 11.9 Å². The Morgan fingerprint density at radius 2 is 2.14 bits per heavy atom. The quantitative estimate of drug-likeness (QED) is 0.829. The van der Waals surface area contributed by atoms with Gasteiger partial charge in [-0.25, -0.2) is 9.07 Å². The molecule has 0 aliphatic rings. The maximum Gasteiger partial charge on any atom is 0.269 e. The Bertz CT molecular complexity index is 687. The maximum atomic E-state index is 13.2. The van der Waals surface area contributed by atoms with Gasteiger partial charge in [0.2, 0.25) is 0 Å². The summed E-state index contributed by atoms with van der Waals surface area (Å²) in [6, 6.07) is 6.24. The van der Waals surface area contributed by atoms with Crippen molar-refractivity contribution in [1.82, 2.24) is 9.78 Å². The molecule has 112 valence electrons. The van der Waals surface area contributed by atoms with Crippen molar-refractivity contribution < 1.29 is 4.39 Å². The van der Waals surface area contributed by atoms with Gasteiger partial charge in [0.05, 0.1) is 22.9 Å². The zero-order valence-electron chi connectivity index (χ0n) is 12.0. The molecule has 0 N–H and O–H groups in total. The van der Waals surface area contributed by atoms with E-state index in [0.29, 0.717) is 11.0 Å². The van der Waals surface area contributed by atoms with E-state index in [9.17, 15) is 9.18 Å². The van der Waals surface area contributed by atoms with Gasteiger partial charge in [-0.05, 0) is 40.0 Å². The van der Waals surface area contributed by atoms with Crippen molar-refractivity contribution in [3.05, 3.63) is 56.7 Å². The monoisotopic (exact) mass is 353 g/mol. The molecule has 0 radical (unpaired) electrons. The Labute approximate surface area is 131 Å². The first kappa shape index (κ1) is 15.7. The van der Waals surface area contributed by atoms with Crippen molar-refractivity contribution in [3.63, 3.8) is 0 Å². The van der Waals surface area contributed by atoms with Gasteiger partial charge in [0.25, 0.3) is 5.56 Å². The van der Waals surface area contributed by atoms with Gasteiger partial charge in [-0.15, -0.1) is 0 Å². The summed E-state index contributed by atoms with van der Waals surface area (Å²) >= 11 is 3.14. The first-order chi connectivity index (χ1) is 10.0. The van der Waals surface area contributed by atoms with Gasteiger partial charge in [-0.1, -0.05) is 13.0 Å². The number of nitrogens with zero attached hydrogens (tertiary/aromatic N) is 3. The average Bonchev–Trinajstić information content (AvgIpc) is 2.45. The van der Waals surface area contributed by atoms with E-state index in [4.69, 9.17) is 0 Å². The van der Waals surface area contributed by atoms with Crippen molar-refractivity contribution in [2.75, 3.05) is 18.5 Å². The first-order valence-corrected chi connectivity index (χ1v) is 7.52. The predicted octanol–water partition coefficient (Wildman–Crippen LogP) is 3.04. The molecule has 0 unspecified atom stereocenters. The van der Waals surface area contributed by atoms with E-state index in [1.54, 1.807) is 24.4 Å². The topological polar surface area (TPSA) is 38.1 Å². The summed E-state index contributed by atoms with van der Waals surface area (Å²) in [4.78, 5) is 14.1. The summed E-state index contributed by atoms with van der Waals surface area (Å²) in [7, 11) is 1.93. The van der Waals surface area contributed by atoms with Crippen molar-refractivity contribution >= 4 is 21.6 Å². The molecule has 0 aliphatic carbocycles. The second-order valence-corrected chi connectivity index (χ2v) is 5.73. The molecule has 0 saturated heterocycles. The number of hydrogen-bond acceptors (Lipinski definition) is 3. The molecule has 0 fully saturated rings. The van der Waals surface area contributed by atoms with E-state index in [0.717, 1.165) is 24.2 Å². The summed E-state index contributed by atoms with van der Waals surface area (Å²) in [6.07, 6.45) is 2.68. The van der Waals surface area contributed by atoms with E-state index >= 15 is 0 Å². The highest BCUT2D eigenvalue weighted by Crippen LogP contribution is 2.17. The number of anilines is 1. The second kappa shape index (κ2) is 6.85. The normalized spacial score (nSPS) is 10.7. The van der Waals surface area contributed by atoms with Gasteiger partial charge in [0, 0.05) is 19.7 Å².